The standard InChI is InChI=1S/C14H23N3O2/c1-17-7-3-2-4-12(17)10-16-13(18)14(11-15)5-8-19-9-6-14/h12H,2-10H2,1H3,(H,16,18). The zero-order chi connectivity index (χ0) is 13.7. The molecule has 0 aliphatic carbocycles. The second kappa shape index (κ2) is 6.36. The van der Waals surface area contributed by atoms with E-state index in [-0.39, 0.29) is 5.91 Å². The second-order valence-electron chi connectivity index (χ2n) is 5.65. The number of likely N-dealkylation sites (N-methyl/N-ethyl adjacent to an activating group) is 1. The summed E-state index contributed by atoms with van der Waals surface area (Å²) in [5, 5.41) is 12.3. The van der Waals surface area contributed by atoms with Crippen molar-refractivity contribution >= 4 is 5.91 Å². The third kappa shape index (κ3) is 3.26. The molecule has 19 heavy (non-hydrogen) atoms. The fourth-order valence-corrected chi connectivity index (χ4v) is 2.89. The van der Waals surface area contributed by atoms with Crippen molar-refractivity contribution in [3.63, 3.8) is 0 Å². The van der Waals surface area contributed by atoms with Crippen molar-refractivity contribution in [2.45, 2.75) is 38.1 Å². The average Bonchev–Trinajstić information content (AvgIpc) is 2.46. The van der Waals surface area contributed by atoms with Crippen molar-refractivity contribution in [2.75, 3.05) is 33.4 Å². The summed E-state index contributed by atoms with van der Waals surface area (Å²) in [4.78, 5) is 14.6. The number of nitrogens with one attached hydrogen (secondary N) is 1. The Morgan fingerprint density at radius 3 is 2.84 bits per heavy atom. The molecule has 1 amide bonds. The number of nitriles is 1. The smallest absolute Gasteiger partial charge is 0.240 e. The van der Waals surface area contributed by atoms with Crippen molar-refractivity contribution in [2.24, 2.45) is 5.41 Å². The maximum absolute atomic E-state index is 12.3. The predicted molar refractivity (Wildman–Crippen MR) is 71.4 cm³/mol. The Morgan fingerprint density at radius 1 is 1.47 bits per heavy atom. The number of carbonyl (C=O) groups excluding carboxylic acids is 1. The van der Waals surface area contributed by atoms with Crippen LogP contribution in [0.1, 0.15) is 32.1 Å². The minimum absolute atomic E-state index is 0.114. The Hall–Kier alpha value is -1.12. The first-order chi connectivity index (χ1) is 9.18. The third-order valence-corrected chi connectivity index (χ3v) is 4.41. The average molecular weight is 265 g/mol. The number of ether oxygens (including phenoxy) is 1. The lowest BCUT2D eigenvalue weighted by atomic mass is 9.81. The van der Waals surface area contributed by atoms with Crippen molar-refractivity contribution in [1.29, 1.82) is 5.26 Å². The molecule has 5 heteroatoms. The fourth-order valence-electron chi connectivity index (χ4n) is 2.89. The van der Waals surface area contributed by atoms with Crippen LogP contribution in [-0.2, 0) is 9.53 Å². The van der Waals surface area contributed by atoms with E-state index in [4.69, 9.17) is 4.74 Å². The van der Waals surface area contributed by atoms with Crippen LogP contribution in [-0.4, -0.2) is 50.2 Å². The monoisotopic (exact) mass is 265 g/mol. The van der Waals surface area contributed by atoms with E-state index in [2.05, 4.69) is 23.3 Å². The Bertz CT molecular complexity index is 358. The lowest BCUT2D eigenvalue weighted by Gasteiger charge is -2.34. The van der Waals surface area contributed by atoms with E-state index in [0.29, 0.717) is 38.6 Å². The molecule has 2 heterocycles. The zero-order valence-electron chi connectivity index (χ0n) is 11.7. The molecule has 2 aliphatic rings. The first-order valence-corrected chi connectivity index (χ1v) is 7.15. The van der Waals surface area contributed by atoms with Gasteiger partial charge >= 0.3 is 0 Å². The minimum Gasteiger partial charge on any atom is -0.381 e. The molecule has 2 aliphatic heterocycles. The molecule has 0 bridgehead atoms. The zero-order valence-corrected chi connectivity index (χ0v) is 11.7. The van der Waals surface area contributed by atoms with E-state index in [1.165, 1.54) is 12.8 Å². The lowest BCUT2D eigenvalue weighted by molar-refractivity contribution is -0.132. The van der Waals surface area contributed by atoms with Gasteiger partial charge in [0.2, 0.25) is 5.91 Å². The van der Waals surface area contributed by atoms with E-state index in [1.807, 2.05) is 0 Å². The van der Waals surface area contributed by atoms with Crippen molar-refractivity contribution < 1.29 is 9.53 Å². The molecule has 1 unspecified atom stereocenters. The van der Waals surface area contributed by atoms with Gasteiger partial charge in [-0.05, 0) is 39.3 Å². The van der Waals surface area contributed by atoms with E-state index in [1.54, 1.807) is 0 Å². The van der Waals surface area contributed by atoms with Crippen LogP contribution in [0.2, 0.25) is 0 Å². The van der Waals surface area contributed by atoms with Gasteiger partial charge < -0.3 is 15.0 Å². The van der Waals surface area contributed by atoms with Gasteiger partial charge in [0.15, 0.2) is 0 Å². The van der Waals surface area contributed by atoms with Crippen LogP contribution in [0.5, 0.6) is 0 Å². The van der Waals surface area contributed by atoms with Gasteiger partial charge in [-0.3, -0.25) is 4.79 Å². The Balaban J connectivity index is 1.87. The summed E-state index contributed by atoms with van der Waals surface area (Å²) in [6, 6.07) is 2.62. The molecule has 5 nitrogen and oxygen atoms in total. The third-order valence-electron chi connectivity index (χ3n) is 4.41. The quantitative estimate of drug-likeness (QED) is 0.823. The Labute approximate surface area is 114 Å². The maximum atomic E-state index is 12.3. The first-order valence-electron chi connectivity index (χ1n) is 7.15. The SMILES string of the molecule is CN1CCCCC1CNC(=O)C1(C#N)CCOCC1. The highest BCUT2D eigenvalue weighted by molar-refractivity contribution is 5.85. The van der Waals surface area contributed by atoms with Crippen LogP contribution in [0.4, 0.5) is 0 Å². The lowest BCUT2D eigenvalue weighted by Crippen LogP contribution is -2.49. The topological polar surface area (TPSA) is 65.4 Å². The highest BCUT2D eigenvalue weighted by atomic mass is 16.5. The van der Waals surface area contributed by atoms with Crippen LogP contribution in [0.25, 0.3) is 0 Å². The number of likely N-dealkylation sites (tertiary alicyclic amines) is 1. The highest BCUT2D eigenvalue weighted by Crippen LogP contribution is 2.29. The van der Waals surface area contributed by atoms with Gasteiger partial charge in [-0.1, -0.05) is 6.42 Å². The summed E-state index contributed by atoms with van der Waals surface area (Å²) in [5.74, 6) is -0.114. The second-order valence-corrected chi connectivity index (χ2v) is 5.65. The molecule has 2 fully saturated rings. The van der Waals surface area contributed by atoms with Gasteiger partial charge in [-0.15, -0.1) is 0 Å². The first kappa shape index (κ1) is 14.3. The van der Waals surface area contributed by atoms with Crippen LogP contribution in [0.3, 0.4) is 0 Å². The Morgan fingerprint density at radius 2 is 2.21 bits per heavy atom. The van der Waals surface area contributed by atoms with Gasteiger partial charge in [0.05, 0.1) is 6.07 Å². The molecule has 106 valence electrons. The molecule has 0 spiro atoms. The molecule has 1 atom stereocenters. The molecule has 0 aromatic rings. The largest absolute Gasteiger partial charge is 0.381 e. The number of nitrogens with zero attached hydrogens (tertiary/aromatic N) is 2. The van der Waals surface area contributed by atoms with Crippen LogP contribution in [0.15, 0.2) is 0 Å². The molecule has 0 saturated carbocycles. The number of hydrogen-bond donors (Lipinski definition) is 1. The van der Waals surface area contributed by atoms with Crippen molar-refractivity contribution in [1.82, 2.24) is 10.2 Å². The van der Waals surface area contributed by atoms with Gasteiger partial charge in [0.25, 0.3) is 0 Å². The molecular formula is C14H23N3O2. The number of rotatable bonds is 3. The van der Waals surface area contributed by atoms with E-state index in [0.717, 1.165) is 13.0 Å². The summed E-state index contributed by atoms with van der Waals surface area (Å²) in [5.41, 5.74) is -0.870. The molecule has 2 rings (SSSR count). The summed E-state index contributed by atoms with van der Waals surface area (Å²) < 4.78 is 5.25. The van der Waals surface area contributed by atoms with Gasteiger partial charge in [-0.25, -0.2) is 0 Å². The summed E-state index contributed by atoms with van der Waals surface area (Å²) >= 11 is 0. The molecule has 2 saturated heterocycles. The van der Waals surface area contributed by atoms with E-state index in [9.17, 15) is 10.1 Å². The molecule has 1 N–H and O–H groups in total. The molecule has 0 aromatic carbocycles. The normalized spacial score (nSPS) is 27.5. The van der Waals surface area contributed by atoms with Crippen LogP contribution < -0.4 is 5.32 Å². The maximum Gasteiger partial charge on any atom is 0.240 e. The van der Waals surface area contributed by atoms with E-state index < -0.39 is 5.41 Å². The highest BCUT2D eigenvalue weighted by Gasteiger charge is 2.40. The summed E-state index contributed by atoms with van der Waals surface area (Å²) in [6.07, 6.45) is 4.60. The number of piperidine rings is 1. The molecule has 0 radical (unpaired) electrons. The van der Waals surface area contributed by atoms with Crippen LogP contribution >= 0.6 is 0 Å². The van der Waals surface area contributed by atoms with Gasteiger partial charge in [0, 0.05) is 25.8 Å². The summed E-state index contributed by atoms with van der Waals surface area (Å²) in [7, 11) is 2.10. The number of hydrogen-bond acceptors (Lipinski definition) is 4. The van der Waals surface area contributed by atoms with Crippen molar-refractivity contribution in [3.05, 3.63) is 0 Å². The number of amides is 1. The van der Waals surface area contributed by atoms with Gasteiger partial charge in [0.1, 0.15) is 5.41 Å². The van der Waals surface area contributed by atoms with E-state index >= 15 is 0 Å². The fraction of sp³-hybridized carbons (Fsp3) is 0.857. The predicted octanol–water partition coefficient (Wildman–Crippen LogP) is 0.907. The molecular weight excluding hydrogens is 242 g/mol. The minimum atomic E-state index is -0.870. The number of carbonyl (C=O) groups is 1. The van der Waals surface area contributed by atoms with Crippen molar-refractivity contribution in [3.8, 4) is 6.07 Å². The summed E-state index contributed by atoms with van der Waals surface area (Å²) in [6.45, 7) is 2.76. The molecule has 0 aromatic heterocycles. The van der Waals surface area contributed by atoms with Gasteiger partial charge in [-0.2, -0.15) is 5.26 Å². The van der Waals surface area contributed by atoms with Crippen LogP contribution in [0, 0.1) is 16.7 Å². The Kier molecular flexibility index (Phi) is 4.78.